The van der Waals surface area contributed by atoms with Crippen molar-refractivity contribution in [3.8, 4) is 0 Å². The Morgan fingerprint density at radius 2 is 0.763 bits per heavy atom. The van der Waals surface area contributed by atoms with Crippen molar-refractivity contribution in [2.24, 2.45) is 102 Å². The number of rotatable bonds is 62. The molecule has 17 atom stereocenters. The Morgan fingerprint density at radius 3 is 1.24 bits per heavy atom. The van der Waals surface area contributed by atoms with Gasteiger partial charge < -0.3 is 147 Å². The molecular weight excluding hydrogens is 1710 g/mol. The molecule has 48 nitrogen and oxygen atoms in total. The van der Waals surface area contributed by atoms with Gasteiger partial charge in [-0.05, 0) is 166 Å². The molecule has 48 heteroatoms. The van der Waals surface area contributed by atoms with Gasteiger partial charge in [-0.2, -0.15) is 0 Å². The molecule has 2 fully saturated rings. The number of aliphatic imine (C=N–C) groups is 3. The molecule has 0 aromatic carbocycles. The number of guanidine groups is 3. The quantitative estimate of drug-likeness (QED) is 0.0153. The van der Waals surface area contributed by atoms with Crippen molar-refractivity contribution in [2.75, 3.05) is 58.9 Å². The number of nitrogens with one attached hydrogen (secondary N) is 14. The van der Waals surface area contributed by atoms with Gasteiger partial charge in [0.2, 0.25) is 100 Å². The van der Waals surface area contributed by atoms with Crippen molar-refractivity contribution in [1.29, 1.82) is 0 Å². The standard InChI is InChI=1S/C83H151N29O19/c1-13-46(9)64(75(125)98-42-61(115)101-51(26-19-35-94-81(88)89)70(120)100-48(11)66(116)99-49(12)67(117)103-53(27-20-36-95-82(90)91)72(122)107-62(44(5)6)76(126)108-63(45(7)8)77(127)110-65(80(130)131)47(10)14-2)109-73(123)54(31-32-59(87)113)102-60(114)41-97-69(119)56(40-43(3)4)106-71(121)52(25-16-18-34-85)104-74(124)57-29-22-38-111(57)79(129)58-30-23-39-112(58)78(128)55(28-21-37-96-83(92)93)105-68(118)50(86)24-15-17-33-84/h43-58,62-65H,13-42,84-86H2,1-12H3,(H2,87,113)(H,97,119)(H,98,125)(H,99,116)(H,100,120)(H,101,115)(H,102,114)(H,103,117)(H,104,124)(H,105,118)(H,106,121)(H,107,122)(H,108,126)(H,109,123)(H,110,127)(H,130,131)(H4,88,89,94)(H4,90,91,95)(H4,92,93,96)/t46-,47-,48-,49-,50-,51-,52-,53-,54-,55-,56-,57-,58-,62-,63-,64-,65-/m0/s1. The molecule has 35 N–H and O–H groups in total. The summed E-state index contributed by atoms with van der Waals surface area (Å²) in [5.74, 6) is -18.3. The van der Waals surface area contributed by atoms with E-state index in [0.29, 0.717) is 57.9 Å². The number of primary amides is 1. The highest BCUT2D eigenvalue weighted by Crippen LogP contribution is 2.27. The lowest BCUT2D eigenvalue weighted by atomic mass is 9.96. The highest BCUT2D eigenvalue weighted by Gasteiger charge is 2.46. The van der Waals surface area contributed by atoms with E-state index in [-0.39, 0.29) is 134 Å². The summed E-state index contributed by atoms with van der Waals surface area (Å²) in [6.07, 6.45) is 3.79. The topological polar surface area (TPSA) is 800 Å². The molecule has 131 heavy (non-hydrogen) atoms. The fourth-order valence-corrected chi connectivity index (χ4v) is 14.4. The lowest BCUT2D eigenvalue weighted by Gasteiger charge is -2.33. The number of hydrogen-bond donors (Lipinski definition) is 25. The van der Waals surface area contributed by atoms with Gasteiger partial charge in [0.15, 0.2) is 17.9 Å². The molecule has 0 unspecified atom stereocenters. The van der Waals surface area contributed by atoms with Crippen molar-refractivity contribution in [1.82, 2.24) is 84.2 Å². The summed E-state index contributed by atoms with van der Waals surface area (Å²) < 4.78 is 0. The monoisotopic (exact) mass is 1860 g/mol. The zero-order valence-electron chi connectivity index (χ0n) is 78.1. The normalized spacial score (nSPS) is 17.0. The van der Waals surface area contributed by atoms with Gasteiger partial charge in [0, 0.05) is 39.1 Å². The molecule has 2 aliphatic heterocycles. The number of nitrogens with two attached hydrogens (primary N) is 10. The van der Waals surface area contributed by atoms with E-state index in [0.717, 1.165) is 0 Å². The SMILES string of the molecule is CC[C@H](C)[C@H](NC(=O)[C@@H](NC(=O)[C@@H](NC(=O)[C@H](CCCN=C(N)N)NC(=O)[C@H](C)NC(=O)[C@H](C)NC(=O)[C@H](CCCN=C(N)N)NC(=O)CNC(=O)[C@@H](NC(=O)[C@H](CCC(N)=O)NC(=O)CNC(=O)[C@H](CC(C)C)NC(=O)[C@H](CCCCN)NC(=O)[C@@H]1CCCN1C(=O)[C@@H]1CCCN1C(=O)[C@H](CCCN=C(N)N)NC(=O)[C@@H](N)CCCCN)[C@@H](C)CC)C(C)C)C(C)C)C(=O)O. The maximum atomic E-state index is 14.6. The molecule has 17 amide bonds. The van der Waals surface area contributed by atoms with Crippen LogP contribution in [-0.2, 0) is 86.3 Å². The predicted molar refractivity (Wildman–Crippen MR) is 488 cm³/mol. The number of carboxylic acids is 1. The van der Waals surface area contributed by atoms with E-state index in [1.807, 2.05) is 0 Å². The van der Waals surface area contributed by atoms with Gasteiger partial charge in [-0.15, -0.1) is 0 Å². The number of carbonyl (C=O) groups excluding carboxylic acids is 17. The number of aliphatic carboxylic acids is 1. The van der Waals surface area contributed by atoms with E-state index in [1.54, 1.807) is 69.2 Å². The third-order valence-corrected chi connectivity index (χ3v) is 22.4. The Morgan fingerprint density at radius 1 is 0.382 bits per heavy atom. The number of hydrogen-bond acceptors (Lipinski definition) is 24. The minimum absolute atomic E-state index is 0.00681. The Labute approximate surface area is 766 Å². The Kier molecular flexibility index (Phi) is 52.9. The van der Waals surface area contributed by atoms with Gasteiger partial charge in [0.05, 0.1) is 19.1 Å². The molecule has 2 aliphatic rings. The second-order valence-corrected chi connectivity index (χ2v) is 34.5. The second kappa shape index (κ2) is 60.2. The van der Waals surface area contributed by atoms with Crippen molar-refractivity contribution < 1.29 is 91.4 Å². The maximum Gasteiger partial charge on any atom is 0.326 e. The average Bonchev–Trinajstić information content (AvgIpc) is 1.66. The summed E-state index contributed by atoms with van der Waals surface area (Å²) in [5.41, 5.74) is 56.3. The summed E-state index contributed by atoms with van der Waals surface area (Å²) in [7, 11) is 0. The molecule has 742 valence electrons. The van der Waals surface area contributed by atoms with Crippen LogP contribution >= 0.6 is 0 Å². The van der Waals surface area contributed by atoms with Crippen molar-refractivity contribution in [3.63, 3.8) is 0 Å². The smallest absolute Gasteiger partial charge is 0.326 e. The van der Waals surface area contributed by atoms with Crippen LogP contribution in [0.15, 0.2) is 15.0 Å². The Hall–Kier alpha value is -11.8. The molecule has 2 heterocycles. The van der Waals surface area contributed by atoms with Crippen LogP contribution in [0, 0.1) is 29.6 Å². The summed E-state index contributed by atoms with van der Waals surface area (Å²) in [5, 5.41) is 45.8. The fourth-order valence-electron chi connectivity index (χ4n) is 14.4. The van der Waals surface area contributed by atoms with E-state index in [1.165, 1.54) is 23.6 Å². The summed E-state index contributed by atoms with van der Waals surface area (Å²) >= 11 is 0. The third-order valence-electron chi connectivity index (χ3n) is 22.4. The van der Waals surface area contributed by atoms with Crippen LogP contribution < -0.4 is 132 Å². The third kappa shape index (κ3) is 42.3. The molecule has 0 aliphatic carbocycles. The van der Waals surface area contributed by atoms with Gasteiger partial charge in [0.25, 0.3) is 0 Å². The fraction of sp³-hybridized carbons (Fsp3) is 0.747. The molecule has 0 saturated carbocycles. The Bertz CT molecular complexity index is 3900. The van der Waals surface area contributed by atoms with E-state index < -0.39 is 247 Å². The van der Waals surface area contributed by atoms with Crippen LogP contribution in [0.4, 0.5) is 0 Å². The maximum absolute atomic E-state index is 14.6. The lowest BCUT2D eigenvalue weighted by Crippen LogP contribution is -2.61. The van der Waals surface area contributed by atoms with Gasteiger partial charge in [-0.1, -0.05) is 88.5 Å². The molecule has 0 aromatic heterocycles. The van der Waals surface area contributed by atoms with Crippen molar-refractivity contribution in [2.45, 2.75) is 309 Å². The van der Waals surface area contributed by atoms with Crippen LogP contribution in [-0.4, -0.2) is 289 Å². The van der Waals surface area contributed by atoms with Crippen LogP contribution in [0.25, 0.3) is 0 Å². The Balaban J connectivity index is 2.30. The van der Waals surface area contributed by atoms with E-state index >= 15 is 0 Å². The highest BCUT2D eigenvalue weighted by atomic mass is 16.4. The molecule has 2 saturated heterocycles. The van der Waals surface area contributed by atoms with E-state index in [9.17, 15) is 91.4 Å². The van der Waals surface area contributed by atoms with E-state index in [2.05, 4.69) is 89.4 Å². The molecule has 0 spiro atoms. The number of unbranched alkanes of at least 4 members (excludes halogenated alkanes) is 2. The van der Waals surface area contributed by atoms with Gasteiger partial charge in [-0.3, -0.25) is 96.5 Å². The number of nitrogens with zero attached hydrogens (tertiary/aromatic N) is 5. The first-order valence-corrected chi connectivity index (χ1v) is 45.3. The second-order valence-electron chi connectivity index (χ2n) is 34.5. The van der Waals surface area contributed by atoms with Crippen molar-refractivity contribution >= 4 is 124 Å². The van der Waals surface area contributed by atoms with Crippen molar-refractivity contribution in [3.05, 3.63) is 0 Å². The molecule has 2 rings (SSSR count). The largest absolute Gasteiger partial charge is 0.480 e. The lowest BCUT2D eigenvalue weighted by molar-refractivity contribution is -0.148. The van der Waals surface area contributed by atoms with Crippen LogP contribution in [0.5, 0.6) is 0 Å². The first kappa shape index (κ1) is 115. The van der Waals surface area contributed by atoms with Crippen LogP contribution in [0.3, 0.4) is 0 Å². The number of amides is 17. The number of carbonyl (C=O) groups is 18. The number of carboxylic acid groups (broad SMARTS) is 1. The zero-order valence-corrected chi connectivity index (χ0v) is 78.1. The molecule has 0 aromatic rings. The highest BCUT2D eigenvalue weighted by molar-refractivity contribution is 6.01. The van der Waals surface area contributed by atoms with Gasteiger partial charge in [-0.25, -0.2) is 4.79 Å². The van der Waals surface area contributed by atoms with E-state index in [4.69, 9.17) is 57.3 Å². The molecular formula is C83H151N29O19. The minimum Gasteiger partial charge on any atom is -0.480 e. The predicted octanol–water partition coefficient (Wildman–Crippen LogP) is -7.40. The first-order chi connectivity index (χ1) is 61.6. The molecule has 0 radical (unpaired) electrons. The first-order valence-electron chi connectivity index (χ1n) is 45.3. The van der Waals surface area contributed by atoms with Crippen LogP contribution in [0.2, 0.25) is 0 Å². The summed E-state index contributed by atoms with van der Waals surface area (Å²) in [4.78, 5) is 264. The summed E-state index contributed by atoms with van der Waals surface area (Å²) in [6, 6.07) is -19.2. The zero-order chi connectivity index (χ0) is 99.1. The number of likely N-dealkylation sites (tertiary alicyclic amines) is 2. The minimum atomic E-state index is -1.58. The average molecular weight is 1860 g/mol. The van der Waals surface area contributed by atoms with Crippen LogP contribution in [0.1, 0.15) is 218 Å². The van der Waals surface area contributed by atoms with Gasteiger partial charge in [0.1, 0.15) is 84.6 Å². The summed E-state index contributed by atoms with van der Waals surface area (Å²) in [6.45, 7) is 18.7. The molecule has 0 bridgehead atoms. The van der Waals surface area contributed by atoms with Gasteiger partial charge >= 0.3 is 5.97 Å².